The molecule has 0 N–H and O–H groups in total. The van der Waals surface area contributed by atoms with Gasteiger partial charge < -0.3 is 0 Å². The predicted molar refractivity (Wildman–Crippen MR) is 110 cm³/mol. The predicted octanol–water partition coefficient (Wildman–Crippen LogP) is 5.32. The molecule has 3 heteroatoms. The van der Waals surface area contributed by atoms with Crippen LogP contribution in [0.1, 0.15) is 39.2 Å². The van der Waals surface area contributed by atoms with Crippen molar-refractivity contribution in [2.45, 2.75) is 45.1 Å². The highest BCUT2D eigenvalue weighted by Gasteiger charge is 2.42. The van der Waals surface area contributed by atoms with Crippen LogP contribution in [-0.2, 0) is 5.41 Å². The van der Waals surface area contributed by atoms with Crippen molar-refractivity contribution < 1.29 is 0 Å². The Bertz CT molecular complexity index is 945. The summed E-state index contributed by atoms with van der Waals surface area (Å²) >= 11 is 0. The summed E-state index contributed by atoms with van der Waals surface area (Å²) in [5.74, 6) is 1.96. The van der Waals surface area contributed by atoms with Crippen LogP contribution < -0.4 is 4.48 Å². The lowest BCUT2D eigenvalue weighted by atomic mass is 9.87. The molecule has 0 spiro atoms. The van der Waals surface area contributed by atoms with Gasteiger partial charge in [0.25, 0.3) is 0 Å². The Morgan fingerprint density at radius 3 is 2.15 bits per heavy atom. The summed E-state index contributed by atoms with van der Waals surface area (Å²) in [4.78, 5) is 9.93. The average molecular weight is 346 g/mol. The minimum absolute atomic E-state index is 0.152. The average Bonchev–Trinajstić information content (AvgIpc) is 3.46. The van der Waals surface area contributed by atoms with Crippen molar-refractivity contribution in [1.29, 1.82) is 0 Å². The molecule has 0 saturated heterocycles. The lowest BCUT2D eigenvalue weighted by molar-refractivity contribution is 0.382. The van der Waals surface area contributed by atoms with E-state index in [0.717, 1.165) is 27.2 Å². The Morgan fingerprint density at radius 2 is 1.54 bits per heavy atom. The zero-order valence-corrected chi connectivity index (χ0v) is 16.5. The molecule has 2 aromatic carbocycles. The number of hydrogen-bond acceptors (Lipinski definition) is 2. The SMILES string of the molecule is CC(C)(C)c1ccc(-c2nc([N+](C)(C)C3CC3)c3ccccc3n2)cc1. The molecule has 26 heavy (non-hydrogen) atoms. The smallest absolute Gasteiger partial charge is 0.238 e. The molecule has 1 heterocycles. The second-order valence-corrected chi connectivity index (χ2v) is 8.99. The van der Waals surface area contributed by atoms with Crippen LogP contribution in [0.25, 0.3) is 22.3 Å². The van der Waals surface area contributed by atoms with Crippen molar-refractivity contribution in [2.24, 2.45) is 0 Å². The van der Waals surface area contributed by atoms with E-state index in [4.69, 9.17) is 9.97 Å². The normalized spacial score (nSPS) is 15.4. The molecule has 0 amide bonds. The summed E-state index contributed by atoms with van der Waals surface area (Å²) in [7, 11) is 4.55. The first-order valence-electron chi connectivity index (χ1n) is 9.49. The van der Waals surface area contributed by atoms with E-state index >= 15 is 0 Å². The summed E-state index contributed by atoms with van der Waals surface area (Å²) in [5.41, 5.74) is 3.59. The summed E-state index contributed by atoms with van der Waals surface area (Å²) in [6, 6.07) is 17.8. The van der Waals surface area contributed by atoms with Gasteiger partial charge in [-0.1, -0.05) is 57.2 Å². The van der Waals surface area contributed by atoms with Crippen molar-refractivity contribution in [1.82, 2.24) is 14.5 Å². The van der Waals surface area contributed by atoms with Gasteiger partial charge in [-0.25, -0.2) is 4.98 Å². The molecule has 1 aromatic heterocycles. The largest absolute Gasteiger partial charge is 0.276 e. The molecule has 4 rings (SSSR count). The molecule has 0 unspecified atom stereocenters. The highest BCUT2D eigenvalue weighted by molar-refractivity contribution is 5.90. The maximum atomic E-state index is 5.06. The minimum Gasteiger partial charge on any atom is -0.276 e. The van der Waals surface area contributed by atoms with Gasteiger partial charge in [0.1, 0.15) is 0 Å². The highest BCUT2D eigenvalue weighted by atomic mass is 15.4. The van der Waals surface area contributed by atoms with Crippen LogP contribution in [0.15, 0.2) is 48.5 Å². The Labute approximate surface area is 156 Å². The zero-order valence-electron chi connectivity index (χ0n) is 16.5. The van der Waals surface area contributed by atoms with Crippen LogP contribution in [0.3, 0.4) is 0 Å². The van der Waals surface area contributed by atoms with E-state index in [1.807, 2.05) is 0 Å². The number of aromatic nitrogens is 2. The lowest BCUT2D eigenvalue weighted by Gasteiger charge is -2.29. The van der Waals surface area contributed by atoms with Crippen molar-refractivity contribution in [3.63, 3.8) is 0 Å². The van der Waals surface area contributed by atoms with Crippen LogP contribution in [0.4, 0.5) is 5.82 Å². The van der Waals surface area contributed by atoms with Crippen molar-refractivity contribution in [3.05, 3.63) is 54.1 Å². The third-order valence-electron chi connectivity index (χ3n) is 5.60. The summed E-state index contributed by atoms with van der Waals surface area (Å²) < 4.78 is 0.829. The van der Waals surface area contributed by atoms with Crippen LogP contribution in [-0.4, -0.2) is 30.1 Å². The standard InChI is InChI=1S/C23H28N3/c1-23(2,3)17-12-10-16(11-13-17)21-24-20-9-7-6-8-19(20)22(25-21)26(4,5)18-14-15-18/h6-13,18H,14-15H2,1-5H3/q+1. The van der Waals surface area contributed by atoms with Crippen molar-refractivity contribution in [3.8, 4) is 11.4 Å². The first-order valence-corrected chi connectivity index (χ1v) is 9.49. The fourth-order valence-corrected chi connectivity index (χ4v) is 3.64. The maximum absolute atomic E-state index is 5.06. The maximum Gasteiger partial charge on any atom is 0.238 e. The quantitative estimate of drug-likeness (QED) is 0.600. The van der Waals surface area contributed by atoms with Crippen LogP contribution in [0.2, 0.25) is 0 Å². The Kier molecular flexibility index (Phi) is 3.89. The van der Waals surface area contributed by atoms with Gasteiger partial charge >= 0.3 is 0 Å². The van der Waals surface area contributed by atoms with Gasteiger partial charge in [-0.2, -0.15) is 4.98 Å². The number of quaternary nitrogens is 1. The third kappa shape index (κ3) is 3.01. The van der Waals surface area contributed by atoms with E-state index in [9.17, 15) is 0 Å². The Balaban J connectivity index is 1.86. The molecule has 134 valence electrons. The minimum atomic E-state index is 0.152. The fourth-order valence-electron chi connectivity index (χ4n) is 3.64. The first kappa shape index (κ1) is 17.2. The molecule has 1 aliphatic rings. The summed E-state index contributed by atoms with van der Waals surface area (Å²) in [5, 5.41) is 1.17. The van der Waals surface area contributed by atoms with Gasteiger partial charge in [0.2, 0.25) is 5.82 Å². The number of fused-ring (bicyclic) bond motifs is 1. The lowest BCUT2D eigenvalue weighted by Crippen LogP contribution is -2.43. The summed E-state index contributed by atoms with van der Waals surface area (Å²) in [6.45, 7) is 6.72. The van der Waals surface area contributed by atoms with Gasteiger partial charge in [-0.15, -0.1) is 0 Å². The topological polar surface area (TPSA) is 25.8 Å². The molecule has 0 aliphatic heterocycles. The Morgan fingerprint density at radius 1 is 0.885 bits per heavy atom. The monoisotopic (exact) mass is 346 g/mol. The van der Waals surface area contributed by atoms with Crippen molar-refractivity contribution >= 4 is 16.7 Å². The second kappa shape index (κ2) is 5.88. The number of hydrogen-bond donors (Lipinski definition) is 0. The van der Waals surface area contributed by atoms with E-state index < -0.39 is 0 Å². The van der Waals surface area contributed by atoms with Gasteiger partial charge in [-0.05, 0) is 23.1 Å². The van der Waals surface area contributed by atoms with Gasteiger partial charge in [0.05, 0.1) is 31.0 Å². The van der Waals surface area contributed by atoms with E-state index in [1.165, 1.54) is 23.8 Å². The van der Waals surface area contributed by atoms with Crippen molar-refractivity contribution in [2.75, 3.05) is 14.1 Å². The van der Waals surface area contributed by atoms with Gasteiger partial charge in [0, 0.05) is 18.4 Å². The first-order chi connectivity index (χ1) is 12.3. The molecule has 1 fully saturated rings. The summed E-state index contributed by atoms with van der Waals surface area (Å²) in [6.07, 6.45) is 2.56. The zero-order chi connectivity index (χ0) is 18.5. The molecule has 1 saturated carbocycles. The van der Waals surface area contributed by atoms with E-state index in [1.54, 1.807) is 0 Å². The number of para-hydroxylation sites is 1. The molecule has 3 aromatic rings. The second-order valence-electron chi connectivity index (χ2n) is 8.99. The number of nitrogens with zero attached hydrogens (tertiary/aromatic N) is 3. The van der Waals surface area contributed by atoms with E-state index in [2.05, 4.69) is 83.4 Å². The van der Waals surface area contributed by atoms with E-state index in [-0.39, 0.29) is 5.41 Å². The number of benzene rings is 2. The molecular formula is C23H28N3+. The van der Waals surface area contributed by atoms with E-state index in [0.29, 0.717) is 6.04 Å². The van der Waals surface area contributed by atoms with Crippen LogP contribution >= 0.6 is 0 Å². The molecule has 3 nitrogen and oxygen atoms in total. The van der Waals surface area contributed by atoms with Gasteiger partial charge in [-0.3, -0.25) is 4.48 Å². The molecule has 0 atom stereocenters. The number of rotatable bonds is 3. The third-order valence-corrected chi connectivity index (χ3v) is 5.60. The molecule has 0 radical (unpaired) electrons. The van der Waals surface area contributed by atoms with Crippen LogP contribution in [0.5, 0.6) is 0 Å². The Hall–Kier alpha value is -2.26. The molecule has 1 aliphatic carbocycles. The van der Waals surface area contributed by atoms with Gasteiger partial charge in [0.15, 0.2) is 5.82 Å². The fraction of sp³-hybridized carbons (Fsp3) is 0.391. The van der Waals surface area contributed by atoms with Crippen LogP contribution in [0, 0.1) is 0 Å². The molecular weight excluding hydrogens is 318 g/mol. The molecule has 0 bridgehead atoms. The highest BCUT2D eigenvalue weighted by Crippen LogP contribution is 2.39.